The average molecular weight is 434 g/mol. The number of guanidine groups is 1. The summed E-state index contributed by atoms with van der Waals surface area (Å²) >= 11 is 3.45. The Hall–Kier alpha value is -3.07. The van der Waals surface area contributed by atoms with Gasteiger partial charge in [-0.2, -0.15) is 0 Å². The number of hydrogen-bond acceptors (Lipinski definition) is 6. The number of aliphatic imine (C=N–C) groups is 1. The first-order valence-electron chi connectivity index (χ1n) is 7.76. The molecular weight excluding hydrogens is 418 g/mol. The quantitative estimate of drug-likeness (QED) is 0.666. The van der Waals surface area contributed by atoms with Gasteiger partial charge in [-0.25, -0.2) is 4.99 Å². The number of carbonyl (C=O) groups excluding carboxylic acids is 1. The van der Waals surface area contributed by atoms with Crippen LogP contribution in [0, 0.1) is 0 Å². The first-order valence-corrected chi connectivity index (χ1v) is 8.56. The number of halogens is 1. The van der Waals surface area contributed by atoms with Crippen LogP contribution in [0.5, 0.6) is 17.2 Å². The number of carboxylic acid groups (broad SMARTS) is 1. The van der Waals surface area contributed by atoms with E-state index in [-0.39, 0.29) is 18.3 Å². The van der Waals surface area contributed by atoms with Crippen molar-refractivity contribution >= 4 is 34.3 Å². The second-order valence-corrected chi connectivity index (χ2v) is 6.67. The lowest BCUT2D eigenvalue weighted by Crippen LogP contribution is -2.42. The molecule has 1 atom stereocenters. The minimum Gasteiger partial charge on any atom is -0.497 e. The van der Waals surface area contributed by atoms with Crippen LogP contribution in [0.3, 0.4) is 0 Å². The number of fused-ring (bicyclic) bond motifs is 4. The third-order valence-electron chi connectivity index (χ3n) is 4.37. The van der Waals surface area contributed by atoms with Crippen LogP contribution in [-0.4, -0.2) is 42.5 Å². The molecule has 2 aliphatic rings. The molecule has 2 aromatic carbocycles. The zero-order chi connectivity index (χ0) is 19.8. The number of nitrogens with two attached hydrogens (primary N) is 1. The van der Waals surface area contributed by atoms with Crippen LogP contribution in [0.15, 0.2) is 45.9 Å². The van der Waals surface area contributed by atoms with Crippen molar-refractivity contribution in [2.75, 3.05) is 14.2 Å². The Balaban J connectivity index is 0.000000659. The van der Waals surface area contributed by atoms with Crippen molar-refractivity contribution in [3.63, 3.8) is 0 Å². The van der Waals surface area contributed by atoms with Crippen molar-refractivity contribution in [3.05, 3.63) is 52.0 Å². The summed E-state index contributed by atoms with van der Waals surface area (Å²) in [4.78, 5) is 27.4. The van der Waals surface area contributed by atoms with Crippen molar-refractivity contribution < 1.29 is 24.2 Å². The first kappa shape index (κ1) is 18.7. The average Bonchev–Trinajstić information content (AvgIpc) is 2.88. The van der Waals surface area contributed by atoms with Crippen LogP contribution >= 0.6 is 15.9 Å². The van der Waals surface area contributed by atoms with E-state index in [1.54, 1.807) is 38.4 Å². The number of carbonyl (C=O) groups is 2. The van der Waals surface area contributed by atoms with E-state index in [9.17, 15) is 4.79 Å². The van der Waals surface area contributed by atoms with Crippen molar-refractivity contribution in [1.82, 2.24) is 4.90 Å². The highest BCUT2D eigenvalue weighted by atomic mass is 79.9. The first-order chi connectivity index (χ1) is 12.9. The van der Waals surface area contributed by atoms with E-state index < -0.39 is 5.54 Å². The van der Waals surface area contributed by atoms with Crippen LogP contribution in [0.25, 0.3) is 0 Å². The molecule has 0 fully saturated rings. The van der Waals surface area contributed by atoms with Gasteiger partial charge in [-0.15, -0.1) is 0 Å². The molecule has 1 unspecified atom stereocenters. The Kier molecular flexibility index (Phi) is 4.79. The lowest BCUT2D eigenvalue weighted by Gasteiger charge is -2.33. The van der Waals surface area contributed by atoms with Crippen molar-refractivity contribution in [1.29, 1.82) is 0 Å². The molecule has 0 saturated heterocycles. The Morgan fingerprint density at radius 2 is 1.96 bits per heavy atom. The standard InChI is InChI=1S/C17H14BrN3O3.CH2O2/c1-21-15(22)17(20-16(21)19)11-5-4-10(23-2)8-14(11)24-13-6-3-9(18)7-12(13)17;2-1-3/h3-8H,1-2H3,(H2,19,20);1H,(H,2,3). The van der Waals surface area contributed by atoms with Gasteiger partial charge in [-0.05, 0) is 30.3 Å². The van der Waals surface area contributed by atoms with E-state index in [4.69, 9.17) is 25.1 Å². The maximum absolute atomic E-state index is 13.1. The molecular formula is C18H16BrN3O5. The number of likely N-dealkylation sites (N-methyl/N-ethyl adjacent to an activating group) is 1. The third kappa shape index (κ3) is 2.80. The number of rotatable bonds is 1. The largest absolute Gasteiger partial charge is 0.497 e. The van der Waals surface area contributed by atoms with E-state index in [2.05, 4.69) is 20.9 Å². The summed E-state index contributed by atoms with van der Waals surface area (Å²) in [5, 5.41) is 6.89. The predicted molar refractivity (Wildman–Crippen MR) is 101 cm³/mol. The monoisotopic (exact) mass is 433 g/mol. The van der Waals surface area contributed by atoms with Gasteiger partial charge < -0.3 is 20.3 Å². The van der Waals surface area contributed by atoms with Gasteiger partial charge in [0.1, 0.15) is 17.2 Å². The summed E-state index contributed by atoms with van der Waals surface area (Å²) in [6.45, 7) is -0.250. The molecule has 0 radical (unpaired) electrons. The lowest BCUT2D eigenvalue weighted by atomic mass is 9.80. The molecule has 0 aliphatic carbocycles. The van der Waals surface area contributed by atoms with Crippen LogP contribution in [-0.2, 0) is 15.1 Å². The SMILES string of the molecule is COc1ccc2c(c1)Oc1ccc(Br)cc1C21N=C(N)N(C)C1=O.O=CO. The summed E-state index contributed by atoms with van der Waals surface area (Å²) < 4.78 is 12.1. The molecule has 3 N–H and O–H groups in total. The number of amides is 1. The van der Waals surface area contributed by atoms with Gasteiger partial charge in [0.2, 0.25) is 5.54 Å². The zero-order valence-corrected chi connectivity index (χ0v) is 16.1. The summed E-state index contributed by atoms with van der Waals surface area (Å²) in [5.41, 5.74) is 6.03. The van der Waals surface area contributed by atoms with Crippen LogP contribution < -0.4 is 15.2 Å². The second kappa shape index (κ2) is 6.92. The minimum atomic E-state index is -1.24. The van der Waals surface area contributed by atoms with Gasteiger partial charge in [0, 0.05) is 28.7 Å². The predicted octanol–water partition coefficient (Wildman–Crippen LogP) is 2.29. The van der Waals surface area contributed by atoms with Gasteiger partial charge >= 0.3 is 0 Å². The highest BCUT2D eigenvalue weighted by molar-refractivity contribution is 9.10. The molecule has 8 nitrogen and oxygen atoms in total. The van der Waals surface area contributed by atoms with Gasteiger partial charge in [-0.3, -0.25) is 14.5 Å². The fraction of sp³-hybridized carbons (Fsp3) is 0.167. The molecule has 1 amide bonds. The second-order valence-electron chi connectivity index (χ2n) is 5.75. The molecule has 1 spiro atoms. The summed E-state index contributed by atoms with van der Waals surface area (Å²) in [6, 6.07) is 10.8. The normalized spacial score (nSPS) is 19.3. The van der Waals surface area contributed by atoms with E-state index in [1.165, 1.54) is 4.90 Å². The van der Waals surface area contributed by atoms with E-state index in [0.29, 0.717) is 28.4 Å². The molecule has 2 aromatic rings. The van der Waals surface area contributed by atoms with Crippen LogP contribution in [0.1, 0.15) is 11.1 Å². The van der Waals surface area contributed by atoms with Crippen LogP contribution in [0.2, 0.25) is 0 Å². The molecule has 4 rings (SSSR count). The smallest absolute Gasteiger partial charge is 0.290 e. The molecule has 2 aliphatic heterocycles. The third-order valence-corrected chi connectivity index (χ3v) is 4.86. The summed E-state index contributed by atoms with van der Waals surface area (Å²) in [5.74, 6) is 1.70. The number of nitrogens with zero attached hydrogens (tertiary/aromatic N) is 2. The molecule has 27 heavy (non-hydrogen) atoms. The van der Waals surface area contributed by atoms with E-state index in [1.807, 2.05) is 12.1 Å². The Labute approximate surface area is 163 Å². The van der Waals surface area contributed by atoms with Crippen LogP contribution in [0.4, 0.5) is 0 Å². The van der Waals surface area contributed by atoms with Crippen molar-refractivity contribution in [2.45, 2.75) is 5.54 Å². The van der Waals surface area contributed by atoms with Gasteiger partial charge in [0.25, 0.3) is 12.4 Å². The maximum Gasteiger partial charge on any atom is 0.290 e. The van der Waals surface area contributed by atoms with E-state index >= 15 is 0 Å². The fourth-order valence-electron chi connectivity index (χ4n) is 3.14. The lowest BCUT2D eigenvalue weighted by molar-refractivity contribution is -0.129. The molecule has 0 saturated carbocycles. The minimum absolute atomic E-state index is 0.176. The molecule has 9 heteroatoms. The highest BCUT2D eigenvalue weighted by Crippen LogP contribution is 2.52. The Morgan fingerprint density at radius 3 is 2.56 bits per heavy atom. The molecule has 0 bridgehead atoms. The maximum atomic E-state index is 13.1. The van der Waals surface area contributed by atoms with Crippen molar-refractivity contribution in [2.24, 2.45) is 10.7 Å². The highest BCUT2D eigenvalue weighted by Gasteiger charge is 2.54. The summed E-state index contributed by atoms with van der Waals surface area (Å²) in [6.07, 6.45) is 0. The number of methoxy groups -OCH3 is 1. The molecule has 2 heterocycles. The molecule has 140 valence electrons. The topological polar surface area (TPSA) is 114 Å². The zero-order valence-electron chi connectivity index (χ0n) is 14.5. The Bertz CT molecular complexity index is 962. The number of ether oxygens (including phenoxy) is 2. The van der Waals surface area contributed by atoms with Crippen molar-refractivity contribution in [3.8, 4) is 17.2 Å². The number of hydrogen-bond donors (Lipinski definition) is 2. The summed E-state index contributed by atoms with van der Waals surface area (Å²) in [7, 11) is 3.20. The molecule has 0 aromatic heterocycles. The number of benzene rings is 2. The van der Waals surface area contributed by atoms with Gasteiger partial charge in [0.15, 0.2) is 5.96 Å². The van der Waals surface area contributed by atoms with E-state index in [0.717, 1.165) is 4.47 Å². The van der Waals surface area contributed by atoms with Gasteiger partial charge in [0.05, 0.1) is 7.11 Å². The van der Waals surface area contributed by atoms with Gasteiger partial charge in [-0.1, -0.05) is 15.9 Å². The fourth-order valence-corrected chi connectivity index (χ4v) is 3.50. The Morgan fingerprint density at radius 1 is 1.26 bits per heavy atom.